The number of amides is 2. The molecule has 2 amide bonds. The van der Waals surface area contributed by atoms with Crippen LogP contribution in [0.4, 0.5) is 5.69 Å². The molecule has 3 aromatic carbocycles. The van der Waals surface area contributed by atoms with Gasteiger partial charge in [-0.2, -0.15) is 0 Å². The summed E-state index contributed by atoms with van der Waals surface area (Å²) in [6, 6.07) is 21.7. The molecule has 196 valence electrons. The first-order valence-electron chi connectivity index (χ1n) is 12.1. The number of nitrogens with zero attached hydrogens (tertiary/aromatic N) is 2. The lowest BCUT2D eigenvalue weighted by atomic mass is 10.1. The van der Waals surface area contributed by atoms with Gasteiger partial charge in [0.2, 0.25) is 11.8 Å². The number of hydrogen-bond acceptors (Lipinski definition) is 4. The number of carbonyl (C=O) groups is 2. The van der Waals surface area contributed by atoms with Crippen molar-refractivity contribution < 1.29 is 18.0 Å². The van der Waals surface area contributed by atoms with Gasteiger partial charge < -0.3 is 10.2 Å². The maximum Gasteiger partial charge on any atom is 0.264 e. The third-order valence-electron chi connectivity index (χ3n) is 5.91. The molecule has 9 heteroatoms. The molecule has 0 heterocycles. The van der Waals surface area contributed by atoms with Crippen LogP contribution in [0.3, 0.4) is 0 Å². The number of hydrogen-bond donors (Lipinski definition) is 1. The summed E-state index contributed by atoms with van der Waals surface area (Å²) in [5.74, 6) is -0.776. The summed E-state index contributed by atoms with van der Waals surface area (Å²) >= 11 is 3.41. The maximum absolute atomic E-state index is 13.8. The number of nitrogens with one attached hydrogen (secondary N) is 1. The van der Waals surface area contributed by atoms with Crippen LogP contribution < -0.4 is 9.62 Å². The highest BCUT2D eigenvalue weighted by Gasteiger charge is 2.32. The van der Waals surface area contributed by atoms with Crippen LogP contribution >= 0.6 is 15.9 Å². The average molecular weight is 587 g/mol. The minimum absolute atomic E-state index is 0.0861. The Bertz CT molecular complexity index is 1300. The summed E-state index contributed by atoms with van der Waals surface area (Å²) in [6.07, 6.45) is 0.760. The van der Waals surface area contributed by atoms with Gasteiger partial charge in [0.1, 0.15) is 12.6 Å². The van der Waals surface area contributed by atoms with Gasteiger partial charge in [-0.1, -0.05) is 70.9 Å². The number of benzene rings is 3. The van der Waals surface area contributed by atoms with E-state index >= 15 is 0 Å². The molecule has 0 spiro atoms. The van der Waals surface area contributed by atoms with Crippen LogP contribution in [0.25, 0.3) is 0 Å². The minimum Gasteiger partial charge on any atom is -0.354 e. The fourth-order valence-corrected chi connectivity index (χ4v) is 5.40. The maximum atomic E-state index is 13.8. The van der Waals surface area contributed by atoms with E-state index in [1.54, 1.807) is 49.4 Å². The Hall–Kier alpha value is -3.17. The van der Waals surface area contributed by atoms with Gasteiger partial charge in [-0.3, -0.25) is 13.9 Å². The Balaban J connectivity index is 1.98. The first-order valence-corrected chi connectivity index (χ1v) is 14.3. The van der Waals surface area contributed by atoms with E-state index in [4.69, 9.17) is 0 Å². The molecule has 0 fully saturated rings. The van der Waals surface area contributed by atoms with Crippen LogP contribution in [-0.2, 0) is 26.2 Å². The van der Waals surface area contributed by atoms with Crippen LogP contribution in [0, 0.1) is 6.92 Å². The second-order valence-electron chi connectivity index (χ2n) is 8.78. The van der Waals surface area contributed by atoms with Crippen molar-refractivity contribution >= 4 is 43.5 Å². The van der Waals surface area contributed by atoms with E-state index in [-0.39, 0.29) is 17.3 Å². The summed E-state index contributed by atoms with van der Waals surface area (Å²) < 4.78 is 29.4. The van der Waals surface area contributed by atoms with Crippen LogP contribution in [0.5, 0.6) is 0 Å². The van der Waals surface area contributed by atoms with Crippen LogP contribution in [-0.4, -0.2) is 44.3 Å². The molecular formula is C28H32BrN3O4S. The van der Waals surface area contributed by atoms with Crippen molar-refractivity contribution in [1.82, 2.24) is 10.2 Å². The van der Waals surface area contributed by atoms with E-state index in [0.717, 1.165) is 26.3 Å². The average Bonchev–Trinajstić information content (AvgIpc) is 2.90. The summed E-state index contributed by atoms with van der Waals surface area (Å²) in [7, 11) is -4.06. The Labute approximate surface area is 227 Å². The molecule has 7 nitrogen and oxygen atoms in total. The Kier molecular flexibility index (Phi) is 9.88. The van der Waals surface area contributed by atoms with Crippen molar-refractivity contribution in [3.8, 4) is 0 Å². The largest absolute Gasteiger partial charge is 0.354 e. The van der Waals surface area contributed by atoms with Gasteiger partial charge in [0, 0.05) is 17.6 Å². The summed E-state index contributed by atoms with van der Waals surface area (Å²) in [5, 5.41) is 2.84. The predicted octanol–water partition coefficient (Wildman–Crippen LogP) is 4.90. The Morgan fingerprint density at radius 1 is 0.946 bits per heavy atom. The van der Waals surface area contributed by atoms with E-state index in [1.807, 2.05) is 38.1 Å². The first-order chi connectivity index (χ1) is 17.6. The highest BCUT2D eigenvalue weighted by molar-refractivity contribution is 9.10. The van der Waals surface area contributed by atoms with E-state index in [1.165, 1.54) is 17.0 Å². The highest BCUT2D eigenvalue weighted by atomic mass is 79.9. The second-order valence-corrected chi connectivity index (χ2v) is 11.6. The number of anilines is 1. The molecule has 1 N–H and O–H groups in total. The number of sulfonamides is 1. The zero-order valence-corrected chi connectivity index (χ0v) is 23.6. The molecular weight excluding hydrogens is 554 g/mol. The van der Waals surface area contributed by atoms with Gasteiger partial charge in [0.05, 0.1) is 10.6 Å². The third kappa shape index (κ3) is 7.42. The van der Waals surface area contributed by atoms with Crippen LogP contribution in [0.2, 0.25) is 0 Å². The van der Waals surface area contributed by atoms with E-state index < -0.39 is 28.5 Å². The van der Waals surface area contributed by atoms with Crippen LogP contribution in [0.1, 0.15) is 31.4 Å². The summed E-state index contributed by atoms with van der Waals surface area (Å²) in [5.41, 5.74) is 2.11. The predicted molar refractivity (Wildman–Crippen MR) is 150 cm³/mol. The highest BCUT2D eigenvalue weighted by Crippen LogP contribution is 2.25. The standard InChI is InChI=1S/C28H32BrN3O4S/c1-4-18-30-28(34)22(3)31(19-23-12-14-24(29)15-13-23)27(33)20-32(25-8-6-5-7-9-25)37(35,36)26-16-10-21(2)11-17-26/h5-17,22H,4,18-20H2,1-3H3,(H,30,34). The fourth-order valence-electron chi connectivity index (χ4n) is 3.73. The molecule has 0 radical (unpaired) electrons. The number of rotatable bonds is 11. The molecule has 1 atom stereocenters. The molecule has 3 rings (SSSR count). The van der Waals surface area contributed by atoms with Crippen LogP contribution in [0.15, 0.2) is 88.2 Å². The SMILES string of the molecule is CCCNC(=O)C(C)N(Cc1ccc(Br)cc1)C(=O)CN(c1ccccc1)S(=O)(=O)c1ccc(C)cc1. The Morgan fingerprint density at radius 3 is 2.16 bits per heavy atom. The molecule has 0 aliphatic carbocycles. The summed E-state index contributed by atoms with van der Waals surface area (Å²) in [6.45, 7) is 5.66. The van der Waals surface area contributed by atoms with Gasteiger partial charge >= 0.3 is 0 Å². The van der Waals surface area contributed by atoms with Crippen molar-refractivity contribution in [3.63, 3.8) is 0 Å². The summed E-state index contributed by atoms with van der Waals surface area (Å²) in [4.78, 5) is 28.1. The van der Waals surface area contributed by atoms with Crippen molar-refractivity contribution in [2.45, 2.75) is 44.7 Å². The quantitative estimate of drug-likeness (QED) is 0.347. The topological polar surface area (TPSA) is 86.8 Å². The lowest BCUT2D eigenvalue weighted by Crippen LogP contribution is -2.51. The first kappa shape index (κ1) is 28.4. The number of aryl methyl sites for hydroxylation is 1. The van der Waals surface area contributed by atoms with Crippen molar-refractivity contribution in [1.29, 1.82) is 0 Å². The molecule has 0 aromatic heterocycles. The zero-order valence-electron chi connectivity index (χ0n) is 21.2. The molecule has 3 aromatic rings. The monoisotopic (exact) mass is 585 g/mol. The van der Waals surface area contributed by atoms with E-state index in [2.05, 4.69) is 21.2 Å². The van der Waals surface area contributed by atoms with E-state index in [0.29, 0.717) is 12.2 Å². The van der Waals surface area contributed by atoms with Gasteiger partial charge in [0.15, 0.2) is 0 Å². The lowest BCUT2D eigenvalue weighted by Gasteiger charge is -2.32. The molecule has 0 aliphatic heterocycles. The van der Waals surface area contributed by atoms with Gasteiger partial charge in [0.25, 0.3) is 10.0 Å². The normalized spacial score (nSPS) is 12.0. The van der Waals surface area contributed by atoms with Gasteiger partial charge in [-0.05, 0) is 62.2 Å². The van der Waals surface area contributed by atoms with E-state index in [9.17, 15) is 18.0 Å². The fraction of sp³-hybridized carbons (Fsp3) is 0.286. The van der Waals surface area contributed by atoms with Crippen molar-refractivity contribution in [2.24, 2.45) is 0 Å². The lowest BCUT2D eigenvalue weighted by molar-refractivity contribution is -0.139. The minimum atomic E-state index is -4.06. The molecule has 37 heavy (non-hydrogen) atoms. The molecule has 0 saturated carbocycles. The van der Waals surface area contributed by atoms with Crippen molar-refractivity contribution in [2.75, 3.05) is 17.4 Å². The molecule has 0 saturated heterocycles. The molecule has 0 aliphatic rings. The second kappa shape index (κ2) is 12.9. The third-order valence-corrected chi connectivity index (χ3v) is 8.23. The van der Waals surface area contributed by atoms with Gasteiger partial charge in [-0.15, -0.1) is 0 Å². The number of para-hydroxylation sites is 1. The smallest absolute Gasteiger partial charge is 0.264 e. The zero-order chi connectivity index (χ0) is 27.0. The Morgan fingerprint density at radius 2 is 1.57 bits per heavy atom. The number of halogens is 1. The van der Waals surface area contributed by atoms with Crippen molar-refractivity contribution in [3.05, 3.63) is 94.5 Å². The molecule has 0 bridgehead atoms. The van der Waals surface area contributed by atoms with Gasteiger partial charge in [-0.25, -0.2) is 8.42 Å². The molecule has 1 unspecified atom stereocenters. The number of carbonyl (C=O) groups excluding carboxylic acids is 2.